The predicted molar refractivity (Wildman–Crippen MR) is 74.5 cm³/mol. The molecule has 1 atom stereocenters. The van der Waals surface area contributed by atoms with Crippen molar-refractivity contribution in [2.45, 2.75) is 38.6 Å². The average Bonchev–Trinajstić information content (AvgIpc) is 2.40. The van der Waals surface area contributed by atoms with Crippen molar-refractivity contribution in [2.75, 3.05) is 18.1 Å². The summed E-state index contributed by atoms with van der Waals surface area (Å²) in [7, 11) is 0. The maximum absolute atomic E-state index is 11.2. The third-order valence-corrected chi connectivity index (χ3v) is 3.73. The van der Waals surface area contributed by atoms with Gasteiger partial charge in [0.05, 0.1) is 4.92 Å². The normalized spacial score (nSPS) is 19.5. The van der Waals surface area contributed by atoms with Crippen molar-refractivity contribution in [3.8, 4) is 0 Å². The summed E-state index contributed by atoms with van der Waals surface area (Å²) < 4.78 is 0. The maximum Gasteiger partial charge on any atom is 0.292 e. The van der Waals surface area contributed by atoms with Crippen LogP contribution in [-0.2, 0) is 0 Å². The lowest BCUT2D eigenvalue weighted by atomic mass is 9.98. The van der Waals surface area contributed by atoms with Gasteiger partial charge in [0.25, 0.3) is 5.69 Å². The van der Waals surface area contributed by atoms with E-state index in [-0.39, 0.29) is 23.3 Å². The number of rotatable bonds is 4. The minimum absolute atomic E-state index is 0.126. The topological polar surface area (TPSA) is 66.6 Å². The van der Waals surface area contributed by atoms with E-state index in [0.717, 1.165) is 31.4 Å². The Hall–Kier alpha value is -1.62. The van der Waals surface area contributed by atoms with Gasteiger partial charge in [0.15, 0.2) is 0 Å². The van der Waals surface area contributed by atoms with Crippen LogP contribution in [0.25, 0.3) is 0 Å². The molecule has 1 fully saturated rings. The molecule has 0 aromatic heterocycles. The predicted octanol–water partition coefficient (Wildman–Crippen LogP) is 2.64. The second-order valence-electron chi connectivity index (χ2n) is 5.10. The first-order valence-electron chi connectivity index (χ1n) is 6.76. The van der Waals surface area contributed by atoms with Gasteiger partial charge in [0.2, 0.25) is 0 Å². The van der Waals surface area contributed by atoms with Crippen LogP contribution >= 0.6 is 0 Å². The third-order valence-electron chi connectivity index (χ3n) is 3.73. The Morgan fingerprint density at radius 3 is 2.95 bits per heavy atom. The van der Waals surface area contributed by atoms with Gasteiger partial charge in [-0.15, -0.1) is 0 Å². The Balaban J connectivity index is 2.35. The fourth-order valence-electron chi connectivity index (χ4n) is 2.79. The van der Waals surface area contributed by atoms with Gasteiger partial charge in [0, 0.05) is 25.3 Å². The molecule has 0 radical (unpaired) electrons. The van der Waals surface area contributed by atoms with Crippen molar-refractivity contribution in [3.05, 3.63) is 33.9 Å². The van der Waals surface area contributed by atoms with Gasteiger partial charge >= 0.3 is 0 Å². The summed E-state index contributed by atoms with van der Waals surface area (Å²) in [4.78, 5) is 13.0. The highest BCUT2D eigenvalue weighted by molar-refractivity contribution is 5.65. The molecule has 1 heterocycles. The molecule has 1 N–H and O–H groups in total. The fraction of sp³-hybridized carbons (Fsp3) is 0.571. The van der Waals surface area contributed by atoms with Crippen LogP contribution in [0.4, 0.5) is 11.4 Å². The Labute approximate surface area is 113 Å². The van der Waals surface area contributed by atoms with Crippen LogP contribution in [0, 0.1) is 17.0 Å². The van der Waals surface area contributed by atoms with E-state index in [2.05, 4.69) is 4.90 Å². The van der Waals surface area contributed by atoms with E-state index >= 15 is 0 Å². The van der Waals surface area contributed by atoms with E-state index in [4.69, 9.17) is 5.11 Å². The molecule has 0 saturated carbocycles. The maximum atomic E-state index is 11.2. The van der Waals surface area contributed by atoms with E-state index in [0.29, 0.717) is 12.1 Å². The summed E-state index contributed by atoms with van der Waals surface area (Å²) in [5.74, 6) is 0. The molecule has 1 saturated heterocycles. The summed E-state index contributed by atoms with van der Waals surface area (Å²) in [5, 5.41) is 20.4. The molecule has 0 amide bonds. The van der Waals surface area contributed by atoms with Crippen molar-refractivity contribution in [3.63, 3.8) is 0 Å². The van der Waals surface area contributed by atoms with Crippen molar-refractivity contribution < 1.29 is 10.0 Å². The smallest absolute Gasteiger partial charge is 0.292 e. The molecule has 1 unspecified atom stereocenters. The zero-order valence-corrected chi connectivity index (χ0v) is 11.2. The second-order valence-corrected chi connectivity index (χ2v) is 5.10. The van der Waals surface area contributed by atoms with E-state index in [1.807, 2.05) is 19.1 Å². The molecule has 1 aromatic rings. The molecule has 0 bridgehead atoms. The monoisotopic (exact) mass is 264 g/mol. The average molecular weight is 264 g/mol. The molecule has 104 valence electrons. The molecule has 1 aliphatic rings. The van der Waals surface area contributed by atoms with E-state index < -0.39 is 0 Å². The third kappa shape index (κ3) is 3.04. The second kappa shape index (κ2) is 6.02. The van der Waals surface area contributed by atoms with Crippen LogP contribution in [0.3, 0.4) is 0 Å². The van der Waals surface area contributed by atoms with Gasteiger partial charge in [-0.05, 0) is 44.2 Å². The molecule has 5 heteroatoms. The Morgan fingerprint density at radius 2 is 2.26 bits per heavy atom. The first kappa shape index (κ1) is 13.8. The minimum atomic E-state index is -0.313. The highest BCUT2D eigenvalue weighted by Gasteiger charge is 2.27. The number of hydrogen-bond acceptors (Lipinski definition) is 4. The number of aryl methyl sites for hydroxylation is 1. The molecule has 5 nitrogen and oxygen atoms in total. The molecule has 0 aliphatic carbocycles. The Morgan fingerprint density at radius 1 is 1.47 bits per heavy atom. The molecule has 1 aromatic carbocycles. The molecule has 2 rings (SSSR count). The number of nitro groups is 1. The van der Waals surface area contributed by atoms with Crippen LogP contribution in [0.15, 0.2) is 18.2 Å². The lowest BCUT2D eigenvalue weighted by Gasteiger charge is -2.37. The summed E-state index contributed by atoms with van der Waals surface area (Å²) in [5.41, 5.74) is 1.75. The summed E-state index contributed by atoms with van der Waals surface area (Å²) in [6, 6.07) is 5.58. The lowest BCUT2D eigenvalue weighted by molar-refractivity contribution is -0.384. The molecular weight excluding hydrogens is 244 g/mol. The lowest BCUT2D eigenvalue weighted by Crippen LogP contribution is -2.40. The highest BCUT2D eigenvalue weighted by atomic mass is 16.6. The van der Waals surface area contributed by atoms with Gasteiger partial charge in [-0.25, -0.2) is 0 Å². The minimum Gasteiger partial charge on any atom is -0.396 e. The van der Waals surface area contributed by atoms with Crippen molar-refractivity contribution in [1.82, 2.24) is 0 Å². The number of aliphatic hydroxyl groups excluding tert-OH is 1. The fourth-order valence-corrected chi connectivity index (χ4v) is 2.79. The van der Waals surface area contributed by atoms with E-state index in [9.17, 15) is 10.1 Å². The van der Waals surface area contributed by atoms with Gasteiger partial charge in [-0.2, -0.15) is 0 Å². The molecule has 0 spiro atoms. The SMILES string of the molecule is Cc1ccc(N2CCCCC2CCO)c([N+](=O)[O-])c1. The first-order valence-corrected chi connectivity index (χ1v) is 6.76. The van der Waals surface area contributed by atoms with Crippen LogP contribution in [-0.4, -0.2) is 29.2 Å². The number of piperidine rings is 1. The number of aliphatic hydroxyl groups is 1. The molecular formula is C14H20N2O3. The van der Waals surface area contributed by atoms with Gasteiger partial charge in [-0.1, -0.05) is 6.07 Å². The van der Waals surface area contributed by atoms with E-state index in [1.165, 1.54) is 0 Å². The number of anilines is 1. The number of hydrogen-bond donors (Lipinski definition) is 1. The van der Waals surface area contributed by atoms with Crippen LogP contribution in [0.2, 0.25) is 0 Å². The standard InChI is InChI=1S/C14H20N2O3/c1-11-5-6-13(14(10-11)16(18)19)15-8-3-2-4-12(15)7-9-17/h5-6,10,12,17H,2-4,7-9H2,1H3. The van der Waals surface area contributed by atoms with Crippen LogP contribution in [0.5, 0.6) is 0 Å². The number of benzene rings is 1. The molecule has 1 aliphatic heterocycles. The molecule has 19 heavy (non-hydrogen) atoms. The van der Waals surface area contributed by atoms with Gasteiger partial charge in [0.1, 0.15) is 5.69 Å². The zero-order valence-electron chi connectivity index (χ0n) is 11.2. The van der Waals surface area contributed by atoms with Gasteiger partial charge in [-0.3, -0.25) is 10.1 Å². The van der Waals surface area contributed by atoms with Crippen LogP contribution < -0.4 is 4.90 Å². The summed E-state index contributed by atoms with van der Waals surface area (Å²) in [6.07, 6.45) is 3.84. The van der Waals surface area contributed by atoms with E-state index in [1.54, 1.807) is 6.07 Å². The first-order chi connectivity index (χ1) is 9.13. The summed E-state index contributed by atoms with van der Waals surface area (Å²) in [6.45, 7) is 2.81. The quantitative estimate of drug-likeness (QED) is 0.670. The number of nitro benzene ring substituents is 1. The summed E-state index contributed by atoms with van der Waals surface area (Å²) >= 11 is 0. The van der Waals surface area contributed by atoms with Crippen molar-refractivity contribution >= 4 is 11.4 Å². The van der Waals surface area contributed by atoms with Crippen molar-refractivity contribution in [1.29, 1.82) is 0 Å². The number of nitrogens with zero attached hydrogens (tertiary/aromatic N) is 2. The van der Waals surface area contributed by atoms with Gasteiger partial charge < -0.3 is 10.0 Å². The van der Waals surface area contributed by atoms with Crippen LogP contribution in [0.1, 0.15) is 31.2 Å². The highest BCUT2D eigenvalue weighted by Crippen LogP contribution is 2.34. The van der Waals surface area contributed by atoms with Crippen molar-refractivity contribution in [2.24, 2.45) is 0 Å². The Bertz CT molecular complexity index is 460. The zero-order chi connectivity index (χ0) is 13.8. The Kier molecular flexibility index (Phi) is 4.37. The largest absolute Gasteiger partial charge is 0.396 e.